The lowest BCUT2D eigenvalue weighted by atomic mass is 9.78. The van der Waals surface area contributed by atoms with Crippen LogP contribution in [0.25, 0.3) is 0 Å². The van der Waals surface area contributed by atoms with Crippen molar-refractivity contribution in [1.29, 1.82) is 0 Å². The maximum absolute atomic E-state index is 6.39. The Balaban J connectivity index is 1.57. The van der Waals surface area contributed by atoms with Gasteiger partial charge in [0, 0.05) is 34.7 Å². The number of fused-ring (bicyclic) bond motifs is 2. The molecule has 3 aromatic carbocycles. The van der Waals surface area contributed by atoms with Crippen molar-refractivity contribution in [3.8, 4) is 28.7 Å². The highest BCUT2D eigenvalue weighted by molar-refractivity contribution is 5.59. The number of para-hydroxylation sites is 2. The molecule has 0 saturated carbocycles. The van der Waals surface area contributed by atoms with E-state index < -0.39 is 0 Å². The summed E-state index contributed by atoms with van der Waals surface area (Å²) < 4.78 is 29.0. The van der Waals surface area contributed by atoms with E-state index in [0.29, 0.717) is 17.2 Å². The molecule has 2 aliphatic heterocycles. The molecule has 5 rings (SSSR count). The van der Waals surface area contributed by atoms with Gasteiger partial charge in [0.05, 0.1) is 14.2 Å². The summed E-state index contributed by atoms with van der Waals surface area (Å²) in [5, 5.41) is 0. The molecule has 7 heteroatoms. The van der Waals surface area contributed by atoms with Crippen LogP contribution in [0.5, 0.6) is 28.7 Å². The number of nitrogens with one attached hydrogen (secondary N) is 2. The van der Waals surface area contributed by atoms with Crippen molar-refractivity contribution in [2.45, 2.75) is 19.1 Å². The van der Waals surface area contributed by atoms with E-state index in [1.54, 1.807) is 14.2 Å². The molecule has 0 fully saturated rings. The molecule has 0 bridgehead atoms. The summed E-state index contributed by atoms with van der Waals surface area (Å²) in [5.74, 6) is 3.57. The number of hydrazine groups is 1. The van der Waals surface area contributed by atoms with Crippen molar-refractivity contribution in [3.05, 3.63) is 71.8 Å². The lowest BCUT2D eigenvalue weighted by molar-refractivity contribution is 0.0857. The van der Waals surface area contributed by atoms with Gasteiger partial charge < -0.3 is 29.1 Å². The van der Waals surface area contributed by atoms with Crippen molar-refractivity contribution in [3.63, 3.8) is 0 Å². The van der Waals surface area contributed by atoms with Gasteiger partial charge in [-0.3, -0.25) is 0 Å². The summed E-state index contributed by atoms with van der Waals surface area (Å²) in [6, 6.07) is 19.8. The Morgan fingerprint density at radius 1 is 0.844 bits per heavy atom. The molecule has 0 unspecified atom stereocenters. The van der Waals surface area contributed by atoms with Gasteiger partial charge in [-0.15, -0.1) is 0 Å². The zero-order valence-corrected chi connectivity index (χ0v) is 18.3. The first-order chi connectivity index (χ1) is 15.7. The molecular formula is C25H26N2O5. The lowest BCUT2D eigenvalue weighted by Gasteiger charge is -2.39. The van der Waals surface area contributed by atoms with Crippen LogP contribution in [-0.4, -0.2) is 27.2 Å². The van der Waals surface area contributed by atoms with Crippen molar-refractivity contribution in [2.75, 3.05) is 26.4 Å². The largest absolute Gasteiger partial charge is 0.493 e. The average molecular weight is 434 g/mol. The molecule has 0 amide bonds. The molecule has 2 heterocycles. The zero-order chi connectivity index (χ0) is 22.1. The van der Waals surface area contributed by atoms with Crippen LogP contribution in [0, 0.1) is 5.92 Å². The predicted octanol–water partition coefficient (Wildman–Crippen LogP) is 4.54. The van der Waals surface area contributed by atoms with Crippen molar-refractivity contribution in [2.24, 2.45) is 5.92 Å². The normalized spacial score (nSPS) is 20.8. The highest BCUT2D eigenvalue weighted by Crippen LogP contribution is 2.51. The summed E-state index contributed by atoms with van der Waals surface area (Å²) in [6.07, 6.45) is -0.316. The van der Waals surface area contributed by atoms with Gasteiger partial charge in [-0.05, 0) is 24.3 Å². The fourth-order valence-electron chi connectivity index (χ4n) is 4.43. The molecular weight excluding hydrogens is 408 g/mol. The minimum absolute atomic E-state index is 0.0339. The first-order valence-electron chi connectivity index (χ1n) is 10.6. The number of ether oxygens (including phenoxy) is 5. The predicted molar refractivity (Wildman–Crippen MR) is 121 cm³/mol. The Hall–Kier alpha value is -3.58. The Bertz CT molecular complexity index is 1100. The second-order valence-electron chi connectivity index (χ2n) is 7.84. The molecule has 2 N–H and O–H groups in total. The minimum Gasteiger partial charge on any atom is -0.493 e. The maximum atomic E-state index is 6.39. The van der Waals surface area contributed by atoms with Crippen LogP contribution in [0.4, 0.5) is 5.69 Å². The van der Waals surface area contributed by atoms with Crippen LogP contribution < -0.4 is 34.5 Å². The highest BCUT2D eigenvalue weighted by Gasteiger charge is 2.40. The van der Waals surface area contributed by atoms with Crippen LogP contribution in [0.2, 0.25) is 0 Å². The minimum atomic E-state index is -0.316. The monoisotopic (exact) mass is 434 g/mol. The fraction of sp³-hybridized carbons (Fsp3) is 0.280. The molecule has 0 saturated heterocycles. The number of anilines is 1. The second-order valence-corrected chi connectivity index (χ2v) is 7.84. The first kappa shape index (κ1) is 20.3. The Morgan fingerprint density at radius 2 is 1.62 bits per heavy atom. The third-order valence-electron chi connectivity index (χ3n) is 6.00. The van der Waals surface area contributed by atoms with E-state index in [4.69, 9.17) is 23.7 Å². The third kappa shape index (κ3) is 3.54. The number of rotatable bonds is 6. The molecule has 0 radical (unpaired) electrons. The fourth-order valence-corrected chi connectivity index (χ4v) is 4.43. The van der Waals surface area contributed by atoms with Gasteiger partial charge in [0.15, 0.2) is 29.2 Å². The van der Waals surface area contributed by atoms with Gasteiger partial charge in [0.2, 0.25) is 6.79 Å². The van der Waals surface area contributed by atoms with E-state index in [0.717, 1.165) is 28.3 Å². The number of hydrogen-bond acceptors (Lipinski definition) is 7. The van der Waals surface area contributed by atoms with Gasteiger partial charge in [-0.2, -0.15) is 5.43 Å². The van der Waals surface area contributed by atoms with E-state index in [1.165, 1.54) is 0 Å². The molecule has 0 aromatic heterocycles. The van der Waals surface area contributed by atoms with Gasteiger partial charge >= 0.3 is 0 Å². The Kier molecular flexibility index (Phi) is 5.41. The quantitative estimate of drug-likeness (QED) is 0.552. The Labute approximate surface area is 187 Å². The van der Waals surface area contributed by atoms with Gasteiger partial charge in [0.1, 0.15) is 5.75 Å². The maximum Gasteiger partial charge on any atom is 0.231 e. The topological polar surface area (TPSA) is 70.2 Å². The third-order valence-corrected chi connectivity index (χ3v) is 6.00. The smallest absolute Gasteiger partial charge is 0.231 e. The lowest BCUT2D eigenvalue weighted by Crippen LogP contribution is -2.47. The van der Waals surface area contributed by atoms with Crippen LogP contribution in [-0.2, 0) is 0 Å². The SMILES string of the molecule is COc1cccc([C@@H]2c3cc4c(cc3O[C@H](NNc3ccccc3)[C@@H]2C)OCO4)c1OC. The molecule has 2 aliphatic rings. The second kappa shape index (κ2) is 8.51. The summed E-state index contributed by atoms with van der Waals surface area (Å²) in [5.41, 5.74) is 9.61. The van der Waals surface area contributed by atoms with Crippen molar-refractivity contribution < 1.29 is 23.7 Å². The summed E-state index contributed by atoms with van der Waals surface area (Å²) in [6.45, 7) is 2.36. The summed E-state index contributed by atoms with van der Waals surface area (Å²) >= 11 is 0. The Morgan fingerprint density at radius 3 is 2.38 bits per heavy atom. The summed E-state index contributed by atoms with van der Waals surface area (Å²) in [4.78, 5) is 0. The summed E-state index contributed by atoms with van der Waals surface area (Å²) in [7, 11) is 3.31. The number of benzene rings is 3. The van der Waals surface area contributed by atoms with Gasteiger partial charge in [0.25, 0.3) is 0 Å². The molecule has 3 atom stereocenters. The van der Waals surface area contributed by atoms with Crippen LogP contribution in [0.15, 0.2) is 60.7 Å². The first-order valence-corrected chi connectivity index (χ1v) is 10.6. The van der Waals surface area contributed by atoms with Gasteiger partial charge in [-0.25, -0.2) is 0 Å². The molecule has 166 valence electrons. The van der Waals surface area contributed by atoms with Crippen molar-refractivity contribution in [1.82, 2.24) is 5.43 Å². The molecule has 3 aromatic rings. The van der Waals surface area contributed by atoms with Crippen LogP contribution in [0.1, 0.15) is 24.0 Å². The molecule has 0 spiro atoms. The molecule has 32 heavy (non-hydrogen) atoms. The number of methoxy groups -OCH3 is 2. The average Bonchev–Trinajstić information content (AvgIpc) is 3.29. The van der Waals surface area contributed by atoms with E-state index >= 15 is 0 Å². The van der Waals surface area contributed by atoms with Gasteiger partial charge in [-0.1, -0.05) is 37.3 Å². The van der Waals surface area contributed by atoms with Crippen molar-refractivity contribution >= 4 is 5.69 Å². The molecule has 0 aliphatic carbocycles. The van der Waals surface area contributed by atoms with E-state index in [-0.39, 0.29) is 24.9 Å². The molecule has 7 nitrogen and oxygen atoms in total. The standard InChI is InChI=1S/C25H26N2O5/c1-15-23(17-10-7-11-19(28-2)24(17)29-3)18-12-21-22(31-14-30-21)13-20(18)32-25(15)27-26-16-8-5-4-6-9-16/h4-13,15,23,25-27H,14H2,1-3H3/t15-,23-,25+/m1/s1. The number of hydrogen-bond donors (Lipinski definition) is 2. The highest BCUT2D eigenvalue weighted by atomic mass is 16.7. The van der Waals surface area contributed by atoms with Crippen LogP contribution in [0.3, 0.4) is 0 Å². The van der Waals surface area contributed by atoms with E-state index in [1.807, 2.05) is 54.6 Å². The van der Waals surface area contributed by atoms with Crippen LogP contribution >= 0.6 is 0 Å². The zero-order valence-electron chi connectivity index (χ0n) is 18.3. The van der Waals surface area contributed by atoms with E-state index in [2.05, 4.69) is 23.8 Å². The van der Waals surface area contributed by atoms with E-state index in [9.17, 15) is 0 Å².